The number of anilines is 1. The van der Waals surface area contributed by atoms with Gasteiger partial charge in [-0.3, -0.25) is 9.78 Å². The van der Waals surface area contributed by atoms with Crippen molar-refractivity contribution in [3.8, 4) is 0 Å². The van der Waals surface area contributed by atoms with Gasteiger partial charge < -0.3 is 11.1 Å². The van der Waals surface area contributed by atoms with Crippen LogP contribution in [0.15, 0.2) is 48.8 Å². The van der Waals surface area contributed by atoms with Crippen molar-refractivity contribution >= 4 is 11.6 Å². The topological polar surface area (TPSA) is 68.0 Å². The van der Waals surface area contributed by atoms with E-state index in [-0.39, 0.29) is 11.8 Å². The number of nitrogens with two attached hydrogens (primary N) is 1. The molecule has 104 valence electrons. The van der Waals surface area contributed by atoms with Crippen LogP contribution in [0.1, 0.15) is 24.0 Å². The third kappa shape index (κ3) is 3.57. The molecule has 1 aromatic carbocycles. The second kappa shape index (κ2) is 6.70. The zero-order chi connectivity index (χ0) is 14.4. The highest BCUT2D eigenvalue weighted by Crippen LogP contribution is 2.22. The van der Waals surface area contributed by atoms with Crippen LogP contribution < -0.4 is 11.1 Å². The first-order valence-corrected chi connectivity index (χ1v) is 6.72. The van der Waals surface area contributed by atoms with Gasteiger partial charge in [-0.15, -0.1) is 0 Å². The van der Waals surface area contributed by atoms with Crippen molar-refractivity contribution in [1.29, 1.82) is 0 Å². The number of hydrogen-bond donors (Lipinski definition) is 2. The summed E-state index contributed by atoms with van der Waals surface area (Å²) in [6.07, 6.45) is 4.15. The Bertz CT molecular complexity index is 552. The van der Waals surface area contributed by atoms with E-state index in [9.17, 15) is 4.79 Å². The molecule has 3 N–H and O–H groups in total. The highest BCUT2D eigenvalue weighted by molar-refractivity contribution is 5.84. The van der Waals surface area contributed by atoms with E-state index in [0.29, 0.717) is 18.7 Å². The summed E-state index contributed by atoms with van der Waals surface area (Å²) in [6, 6.07) is 11.3. The van der Waals surface area contributed by atoms with E-state index in [4.69, 9.17) is 5.73 Å². The number of hydrogen-bond acceptors (Lipinski definition) is 3. The molecular formula is C16H19N3O. The van der Waals surface area contributed by atoms with E-state index >= 15 is 0 Å². The van der Waals surface area contributed by atoms with Gasteiger partial charge in [0.05, 0.1) is 5.92 Å². The molecular weight excluding hydrogens is 250 g/mol. The van der Waals surface area contributed by atoms with Crippen LogP contribution in [-0.4, -0.2) is 17.4 Å². The van der Waals surface area contributed by atoms with Gasteiger partial charge in [-0.2, -0.15) is 0 Å². The summed E-state index contributed by atoms with van der Waals surface area (Å²) in [7, 11) is 0. The summed E-state index contributed by atoms with van der Waals surface area (Å²) in [5, 5.41) is 2.89. The molecule has 1 aromatic heterocycles. The number of carbonyl (C=O) groups is 1. The minimum Gasteiger partial charge on any atom is -0.399 e. The summed E-state index contributed by atoms with van der Waals surface area (Å²) >= 11 is 0. The lowest BCUT2D eigenvalue weighted by Crippen LogP contribution is -2.30. The van der Waals surface area contributed by atoms with Crippen LogP contribution in [0.4, 0.5) is 5.69 Å². The Morgan fingerprint density at radius 1 is 1.30 bits per heavy atom. The number of nitrogens with one attached hydrogen (secondary N) is 1. The van der Waals surface area contributed by atoms with Crippen LogP contribution in [0.3, 0.4) is 0 Å². The maximum atomic E-state index is 12.3. The molecule has 1 atom stereocenters. The highest BCUT2D eigenvalue weighted by atomic mass is 16.1. The zero-order valence-corrected chi connectivity index (χ0v) is 11.5. The molecule has 2 rings (SSSR count). The summed E-state index contributed by atoms with van der Waals surface area (Å²) in [5.41, 5.74) is 8.41. The van der Waals surface area contributed by atoms with E-state index in [0.717, 1.165) is 11.1 Å². The average molecular weight is 269 g/mol. The molecule has 0 aliphatic carbocycles. The Morgan fingerprint density at radius 3 is 2.65 bits per heavy atom. The first kappa shape index (κ1) is 14.1. The monoisotopic (exact) mass is 269 g/mol. The van der Waals surface area contributed by atoms with Crippen molar-refractivity contribution in [2.75, 3.05) is 12.3 Å². The highest BCUT2D eigenvalue weighted by Gasteiger charge is 2.20. The number of pyridine rings is 1. The first-order valence-electron chi connectivity index (χ1n) is 6.72. The minimum absolute atomic E-state index is 0.0288. The second-order valence-corrected chi connectivity index (χ2v) is 4.68. The van der Waals surface area contributed by atoms with Crippen LogP contribution in [0.5, 0.6) is 0 Å². The fraction of sp³-hybridized carbons (Fsp3) is 0.250. The summed E-state index contributed by atoms with van der Waals surface area (Å²) in [6.45, 7) is 2.54. The maximum Gasteiger partial charge on any atom is 0.227 e. The van der Waals surface area contributed by atoms with Crippen molar-refractivity contribution in [2.24, 2.45) is 0 Å². The standard InChI is InChI=1S/C16H19N3O/c1-2-19-16(20)15(10-12-4-3-9-18-11-12)13-5-7-14(17)8-6-13/h3-9,11,15H,2,10,17H2,1H3,(H,19,20). The van der Waals surface area contributed by atoms with Gasteiger partial charge in [0, 0.05) is 24.6 Å². The summed E-state index contributed by atoms with van der Waals surface area (Å²) in [4.78, 5) is 16.4. The van der Waals surface area contributed by atoms with Gasteiger partial charge in [-0.1, -0.05) is 18.2 Å². The van der Waals surface area contributed by atoms with Gasteiger partial charge in [0.2, 0.25) is 5.91 Å². The Hall–Kier alpha value is -2.36. The Kier molecular flexibility index (Phi) is 4.71. The summed E-state index contributed by atoms with van der Waals surface area (Å²) in [5.74, 6) is -0.194. The molecule has 0 bridgehead atoms. The molecule has 0 spiro atoms. The predicted octanol–water partition coefficient (Wildman–Crippen LogP) is 2.13. The molecule has 0 aliphatic heterocycles. The number of rotatable bonds is 5. The molecule has 0 saturated carbocycles. The Morgan fingerprint density at radius 2 is 2.05 bits per heavy atom. The molecule has 1 heterocycles. The zero-order valence-electron chi connectivity index (χ0n) is 11.5. The number of likely N-dealkylation sites (N-methyl/N-ethyl adjacent to an activating group) is 1. The molecule has 0 radical (unpaired) electrons. The van der Waals surface area contributed by atoms with E-state index in [1.54, 1.807) is 12.4 Å². The molecule has 0 saturated heterocycles. The number of nitrogens with zero attached hydrogens (tertiary/aromatic N) is 1. The van der Waals surface area contributed by atoms with Gasteiger partial charge in [-0.05, 0) is 42.7 Å². The molecule has 0 aliphatic rings. The Balaban J connectivity index is 2.25. The van der Waals surface area contributed by atoms with Crippen molar-refractivity contribution in [3.05, 3.63) is 59.9 Å². The van der Waals surface area contributed by atoms with Gasteiger partial charge in [0.25, 0.3) is 0 Å². The molecule has 2 aromatic rings. The molecule has 20 heavy (non-hydrogen) atoms. The fourth-order valence-electron chi connectivity index (χ4n) is 2.14. The number of carbonyl (C=O) groups excluding carboxylic acids is 1. The predicted molar refractivity (Wildman–Crippen MR) is 80.2 cm³/mol. The van der Waals surface area contributed by atoms with Gasteiger partial charge in [0.1, 0.15) is 0 Å². The van der Waals surface area contributed by atoms with Crippen molar-refractivity contribution in [2.45, 2.75) is 19.3 Å². The van der Waals surface area contributed by atoms with Crippen LogP contribution in [0, 0.1) is 0 Å². The second-order valence-electron chi connectivity index (χ2n) is 4.68. The lowest BCUT2D eigenvalue weighted by molar-refractivity contribution is -0.122. The third-order valence-corrected chi connectivity index (χ3v) is 3.17. The van der Waals surface area contributed by atoms with Crippen molar-refractivity contribution in [3.63, 3.8) is 0 Å². The van der Waals surface area contributed by atoms with E-state index in [1.807, 2.05) is 43.3 Å². The fourth-order valence-corrected chi connectivity index (χ4v) is 2.14. The largest absolute Gasteiger partial charge is 0.399 e. The third-order valence-electron chi connectivity index (χ3n) is 3.17. The lowest BCUT2D eigenvalue weighted by atomic mass is 9.91. The average Bonchev–Trinajstić information content (AvgIpc) is 2.47. The quantitative estimate of drug-likeness (QED) is 0.817. The van der Waals surface area contributed by atoms with Crippen molar-refractivity contribution < 1.29 is 4.79 Å². The number of amides is 1. The molecule has 4 nitrogen and oxygen atoms in total. The van der Waals surface area contributed by atoms with Gasteiger partial charge in [0.15, 0.2) is 0 Å². The lowest BCUT2D eigenvalue weighted by Gasteiger charge is -2.17. The van der Waals surface area contributed by atoms with E-state index in [2.05, 4.69) is 10.3 Å². The number of aromatic nitrogens is 1. The van der Waals surface area contributed by atoms with Gasteiger partial charge >= 0.3 is 0 Å². The maximum absolute atomic E-state index is 12.3. The molecule has 1 unspecified atom stereocenters. The van der Waals surface area contributed by atoms with Gasteiger partial charge in [-0.25, -0.2) is 0 Å². The first-order chi connectivity index (χ1) is 9.70. The smallest absolute Gasteiger partial charge is 0.227 e. The summed E-state index contributed by atoms with van der Waals surface area (Å²) < 4.78 is 0. The minimum atomic E-state index is -0.222. The van der Waals surface area contributed by atoms with Crippen LogP contribution in [0.25, 0.3) is 0 Å². The van der Waals surface area contributed by atoms with Crippen LogP contribution in [-0.2, 0) is 11.2 Å². The normalized spacial score (nSPS) is 11.8. The molecule has 0 fully saturated rings. The van der Waals surface area contributed by atoms with Crippen LogP contribution in [0.2, 0.25) is 0 Å². The molecule has 4 heteroatoms. The van der Waals surface area contributed by atoms with Crippen molar-refractivity contribution in [1.82, 2.24) is 10.3 Å². The SMILES string of the molecule is CCNC(=O)C(Cc1cccnc1)c1ccc(N)cc1. The van der Waals surface area contributed by atoms with E-state index < -0.39 is 0 Å². The van der Waals surface area contributed by atoms with Crippen LogP contribution >= 0.6 is 0 Å². The number of benzene rings is 1. The number of nitrogen functional groups attached to an aromatic ring is 1. The molecule has 1 amide bonds. The van der Waals surface area contributed by atoms with E-state index in [1.165, 1.54) is 0 Å². The Labute approximate surface area is 119 Å².